The molecule has 0 fully saturated rings. The van der Waals surface area contributed by atoms with E-state index in [-0.39, 0.29) is 17.9 Å². The maximum Gasteiger partial charge on any atom is 0.242 e. The topological polar surface area (TPSA) is 100 Å². The smallest absolute Gasteiger partial charge is 0.242 e. The van der Waals surface area contributed by atoms with Crippen molar-refractivity contribution in [3.05, 3.63) is 65.5 Å². The molecule has 172 valence electrons. The average molecular weight is 446 g/mol. The van der Waals surface area contributed by atoms with Crippen LogP contribution in [0.5, 0.6) is 0 Å². The minimum atomic E-state index is -0.932. The molecule has 0 unspecified atom stereocenters. The highest BCUT2D eigenvalue weighted by Gasteiger charge is 2.24. The van der Waals surface area contributed by atoms with Gasteiger partial charge in [-0.1, -0.05) is 19.8 Å². The first-order valence-corrected chi connectivity index (χ1v) is 10.5. The molecule has 0 saturated heterocycles. The van der Waals surface area contributed by atoms with Crippen molar-refractivity contribution >= 4 is 17.7 Å². The van der Waals surface area contributed by atoms with Crippen molar-refractivity contribution in [3.8, 4) is 0 Å². The monoisotopic (exact) mass is 446 g/mol. The van der Waals surface area contributed by atoms with Gasteiger partial charge in [-0.2, -0.15) is 0 Å². The number of nitrogens with zero attached hydrogens (tertiary/aromatic N) is 1. The van der Waals surface area contributed by atoms with Gasteiger partial charge in [-0.15, -0.1) is 0 Å². The van der Waals surface area contributed by atoms with E-state index < -0.39 is 35.5 Å². The number of aromatic nitrogens is 1. The van der Waals surface area contributed by atoms with Gasteiger partial charge in [0.2, 0.25) is 17.7 Å². The number of carbonyl (C=O) groups excluding carboxylic acids is 3. The summed E-state index contributed by atoms with van der Waals surface area (Å²) in [6, 6.07) is 4.71. The lowest BCUT2D eigenvalue weighted by atomic mass is 10.1. The maximum absolute atomic E-state index is 13.3. The Morgan fingerprint density at radius 3 is 2.25 bits per heavy atom. The number of rotatable bonds is 11. The molecule has 2 aromatic rings. The van der Waals surface area contributed by atoms with Gasteiger partial charge in [-0.05, 0) is 48.7 Å². The van der Waals surface area contributed by atoms with Crippen LogP contribution < -0.4 is 16.0 Å². The number of amides is 3. The van der Waals surface area contributed by atoms with Gasteiger partial charge in [-0.3, -0.25) is 19.4 Å². The van der Waals surface area contributed by atoms with E-state index in [1.807, 2.05) is 6.92 Å². The third-order valence-electron chi connectivity index (χ3n) is 4.75. The molecule has 0 bridgehead atoms. The fourth-order valence-corrected chi connectivity index (χ4v) is 3.04. The number of nitrogens with one attached hydrogen (secondary N) is 3. The van der Waals surface area contributed by atoms with Gasteiger partial charge in [0.05, 0.1) is 6.42 Å². The zero-order chi connectivity index (χ0) is 23.5. The first kappa shape index (κ1) is 24.9. The van der Waals surface area contributed by atoms with E-state index in [1.165, 1.54) is 6.92 Å². The molecule has 32 heavy (non-hydrogen) atoms. The number of unbranched alkanes of at least 4 members (excludes halogenated alkanes) is 1. The Balaban J connectivity index is 1.90. The number of carbonyl (C=O) groups is 3. The summed E-state index contributed by atoms with van der Waals surface area (Å²) in [6.45, 7) is 3.76. The van der Waals surface area contributed by atoms with Crippen LogP contribution in [0.3, 0.4) is 0 Å². The van der Waals surface area contributed by atoms with Crippen LogP contribution in [-0.2, 0) is 27.3 Å². The Bertz CT molecular complexity index is 904. The van der Waals surface area contributed by atoms with E-state index in [9.17, 15) is 23.2 Å². The minimum Gasteiger partial charge on any atom is -0.350 e. The molecule has 0 aliphatic heterocycles. The summed E-state index contributed by atoms with van der Waals surface area (Å²) >= 11 is 0. The number of hydrogen-bond donors (Lipinski definition) is 3. The predicted octanol–water partition coefficient (Wildman–Crippen LogP) is 2.40. The average Bonchev–Trinajstić information content (AvgIpc) is 2.74. The summed E-state index contributed by atoms with van der Waals surface area (Å²) in [4.78, 5) is 41.3. The Labute approximate surface area is 186 Å². The van der Waals surface area contributed by atoms with Crippen molar-refractivity contribution in [1.82, 2.24) is 20.9 Å². The fourth-order valence-electron chi connectivity index (χ4n) is 3.04. The minimum absolute atomic E-state index is 0.156. The highest BCUT2D eigenvalue weighted by molar-refractivity contribution is 5.92. The number of halogens is 2. The number of benzene rings is 1. The second-order valence-electron chi connectivity index (χ2n) is 7.52. The van der Waals surface area contributed by atoms with Crippen molar-refractivity contribution in [1.29, 1.82) is 0 Å². The summed E-state index contributed by atoms with van der Waals surface area (Å²) in [5.41, 5.74) is 1.03. The maximum atomic E-state index is 13.3. The summed E-state index contributed by atoms with van der Waals surface area (Å²) in [5, 5.41) is 7.96. The van der Waals surface area contributed by atoms with Gasteiger partial charge in [0.1, 0.15) is 23.7 Å². The standard InChI is InChI=1S/C23H28F2N4O3/c1-3-4-5-20(23(32)27-14-16-6-8-26-9-7-16)29-22(31)15(2)28-21(30)12-17-10-18(24)13-19(25)11-17/h6-11,13,15,20H,3-5,12,14H2,1-2H3,(H,27,32)(H,28,30)(H,29,31)/t15-,20-/m0/s1. The Morgan fingerprint density at radius 1 is 0.969 bits per heavy atom. The fraction of sp³-hybridized carbons (Fsp3) is 0.391. The summed E-state index contributed by atoms with van der Waals surface area (Å²) in [7, 11) is 0. The predicted molar refractivity (Wildman–Crippen MR) is 115 cm³/mol. The SMILES string of the molecule is CCCC[C@H](NC(=O)[C@H](C)NC(=O)Cc1cc(F)cc(F)c1)C(=O)NCc1ccncc1. The number of hydrogen-bond acceptors (Lipinski definition) is 4. The zero-order valence-electron chi connectivity index (χ0n) is 18.2. The highest BCUT2D eigenvalue weighted by Crippen LogP contribution is 2.09. The molecule has 0 radical (unpaired) electrons. The largest absolute Gasteiger partial charge is 0.350 e. The molecule has 3 amide bonds. The van der Waals surface area contributed by atoms with Crippen LogP contribution in [0.4, 0.5) is 8.78 Å². The first-order valence-electron chi connectivity index (χ1n) is 10.5. The lowest BCUT2D eigenvalue weighted by Gasteiger charge is -2.21. The second kappa shape index (κ2) is 12.5. The Morgan fingerprint density at radius 2 is 1.62 bits per heavy atom. The van der Waals surface area contributed by atoms with Gasteiger partial charge >= 0.3 is 0 Å². The van der Waals surface area contributed by atoms with E-state index in [1.54, 1.807) is 24.5 Å². The van der Waals surface area contributed by atoms with Crippen molar-refractivity contribution in [2.75, 3.05) is 0 Å². The van der Waals surface area contributed by atoms with Crippen LogP contribution in [0.25, 0.3) is 0 Å². The zero-order valence-corrected chi connectivity index (χ0v) is 18.2. The van der Waals surface area contributed by atoms with Crippen molar-refractivity contribution in [2.24, 2.45) is 0 Å². The normalized spacial score (nSPS) is 12.5. The third-order valence-corrected chi connectivity index (χ3v) is 4.75. The molecule has 2 atom stereocenters. The molecule has 0 aliphatic carbocycles. The van der Waals surface area contributed by atoms with Gasteiger partial charge in [0, 0.05) is 25.0 Å². The number of pyridine rings is 1. The van der Waals surface area contributed by atoms with Crippen LogP contribution in [0.1, 0.15) is 44.2 Å². The molecule has 1 heterocycles. The third kappa shape index (κ3) is 8.41. The molecule has 1 aromatic heterocycles. The highest BCUT2D eigenvalue weighted by atomic mass is 19.1. The molecule has 3 N–H and O–H groups in total. The quantitative estimate of drug-likeness (QED) is 0.494. The van der Waals surface area contributed by atoms with E-state index in [4.69, 9.17) is 0 Å². The molecule has 9 heteroatoms. The summed E-state index contributed by atoms with van der Waals surface area (Å²) < 4.78 is 26.6. The van der Waals surface area contributed by atoms with Crippen LogP contribution in [0.15, 0.2) is 42.7 Å². The lowest BCUT2D eigenvalue weighted by molar-refractivity contribution is -0.131. The van der Waals surface area contributed by atoms with Gasteiger partial charge < -0.3 is 16.0 Å². The van der Waals surface area contributed by atoms with Crippen LogP contribution >= 0.6 is 0 Å². The van der Waals surface area contributed by atoms with Crippen LogP contribution in [0, 0.1) is 11.6 Å². The van der Waals surface area contributed by atoms with Crippen LogP contribution in [-0.4, -0.2) is 34.8 Å². The van der Waals surface area contributed by atoms with Crippen molar-refractivity contribution in [2.45, 2.75) is 58.2 Å². The van der Waals surface area contributed by atoms with Gasteiger partial charge in [0.15, 0.2) is 0 Å². The Hall–Kier alpha value is -3.36. The molecular formula is C23H28F2N4O3. The van der Waals surface area contributed by atoms with Crippen LogP contribution in [0.2, 0.25) is 0 Å². The molecule has 2 rings (SSSR count). The molecule has 7 nitrogen and oxygen atoms in total. The molecule has 0 spiro atoms. The van der Waals surface area contributed by atoms with Gasteiger partial charge in [-0.25, -0.2) is 8.78 Å². The van der Waals surface area contributed by atoms with E-state index in [0.29, 0.717) is 19.0 Å². The van der Waals surface area contributed by atoms with Crippen molar-refractivity contribution in [3.63, 3.8) is 0 Å². The second-order valence-corrected chi connectivity index (χ2v) is 7.52. The molecule has 1 aromatic carbocycles. The molecular weight excluding hydrogens is 418 g/mol. The van der Waals surface area contributed by atoms with E-state index >= 15 is 0 Å². The summed E-state index contributed by atoms with van der Waals surface area (Å²) in [5.74, 6) is -2.98. The molecule has 0 saturated carbocycles. The summed E-state index contributed by atoms with van der Waals surface area (Å²) in [6.07, 6.45) is 5.01. The van der Waals surface area contributed by atoms with Gasteiger partial charge in [0.25, 0.3) is 0 Å². The lowest BCUT2D eigenvalue weighted by Crippen LogP contribution is -2.52. The van der Waals surface area contributed by atoms with E-state index in [0.717, 1.165) is 30.5 Å². The Kier molecular flexibility index (Phi) is 9.72. The van der Waals surface area contributed by atoms with E-state index in [2.05, 4.69) is 20.9 Å². The molecule has 0 aliphatic rings. The first-order chi connectivity index (χ1) is 15.3. The van der Waals surface area contributed by atoms with Crippen molar-refractivity contribution < 1.29 is 23.2 Å².